The molecule has 0 saturated carbocycles. The van der Waals surface area contributed by atoms with E-state index in [1.807, 2.05) is 13.0 Å². The molecule has 0 amide bonds. The Morgan fingerprint density at radius 2 is 2.19 bits per heavy atom. The van der Waals surface area contributed by atoms with Crippen LogP contribution in [0, 0.1) is 63.2 Å². The maximum atomic E-state index is 13.4. The Bertz CT molecular complexity index is 499. The van der Waals surface area contributed by atoms with E-state index in [4.69, 9.17) is 5.11 Å². The van der Waals surface area contributed by atoms with E-state index < -0.39 is 5.82 Å². The van der Waals surface area contributed by atoms with Crippen LogP contribution in [-0.4, -0.2) is 21.7 Å². The molecule has 1 N–H and O–H groups in total. The minimum absolute atomic E-state index is 0. The van der Waals surface area contributed by atoms with Gasteiger partial charge in [-0.05, 0) is 24.6 Å². The number of aliphatic hydroxyl groups excluding tert-OH is 1. The molecule has 0 spiro atoms. The number of halogens is 1. The molecule has 3 nitrogen and oxygen atoms in total. The molecule has 0 aliphatic carbocycles. The van der Waals surface area contributed by atoms with E-state index in [9.17, 15) is 4.39 Å². The predicted octanol–water partition coefficient (Wildman–Crippen LogP) is 1.62. The Morgan fingerprint density at radius 1 is 1.44 bits per heavy atom. The molecule has 2 aromatic rings. The van der Waals surface area contributed by atoms with Gasteiger partial charge in [0, 0.05) is 73.9 Å². The van der Waals surface area contributed by atoms with Crippen LogP contribution in [0.25, 0.3) is 11.0 Å². The summed E-state index contributed by atoms with van der Waals surface area (Å²) in [6.07, 6.45) is 2.53. The standard InChI is InChI=1S/C11H10FN2O.Ac/c1-7-2-3-10-11(14-7)8(4-5-15)9(12)6-13-10;/h2-4,6,15H,5H2,1H3;/q-1;. The Morgan fingerprint density at radius 3 is 2.88 bits per heavy atom. The van der Waals surface area contributed by atoms with Crippen molar-refractivity contribution in [2.45, 2.75) is 6.92 Å². The van der Waals surface area contributed by atoms with Crippen molar-refractivity contribution in [2.24, 2.45) is 0 Å². The van der Waals surface area contributed by atoms with Crippen molar-refractivity contribution < 1.29 is 53.6 Å². The van der Waals surface area contributed by atoms with Crippen LogP contribution < -0.4 is 0 Å². The zero-order valence-corrected chi connectivity index (χ0v) is 13.6. The average Bonchev–Trinajstić information content (AvgIpc) is 2.23. The number of hydrogen-bond acceptors (Lipinski definition) is 3. The number of aliphatic hydroxyl groups is 1. The number of hydrogen-bond donors (Lipinski definition) is 1. The Balaban J connectivity index is 0.00000128. The summed E-state index contributed by atoms with van der Waals surface area (Å²) in [5, 5.41) is 8.80. The van der Waals surface area contributed by atoms with Crippen molar-refractivity contribution in [2.75, 3.05) is 6.61 Å². The minimum atomic E-state index is -0.463. The summed E-state index contributed by atoms with van der Waals surface area (Å²) in [4.78, 5) is 8.14. The summed E-state index contributed by atoms with van der Waals surface area (Å²) in [5.74, 6) is -0.463. The smallest absolute Gasteiger partial charge is 0.0362 e. The van der Waals surface area contributed by atoms with E-state index >= 15 is 0 Å². The molecule has 0 bridgehead atoms. The Kier molecular flexibility index (Phi) is 5.10. The monoisotopic (exact) mass is 432 g/mol. The van der Waals surface area contributed by atoms with Crippen molar-refractivity contribution in [3.8, 4) is 0 Å². The fraction of sp³-hybridized carbons (Fsp3) is 0.182. The van der Waals surface area contributed by atoms with Gasteiger partial charge in [0.2, 0.25) is 0 Å². The molecule has 0 aromatic carbocycles. The maximum absolute atomic E-state index is 13.4. The Labute approximate surface area is 129 Å². The molecular formula is C11H10AcFN2O-. The van der Waals surface area contributed by atoms with Gasteiger partial charge in [-0.3, -0.25) is 9.37 Å². The predicted molar refractivity (Wildman–Crippen MR) is 54.7 cm³/mol. The van der Waals surface area contributed by atoms with Gasteiger partial charge in [-0.25, -0.2) is 0 Å². The molecule has 2 aromatic heterocycles. The first-order valence-corrected chi connectivity index (χ1v) is 4.58. The van der Waals surface area contributed by atoms with Crippen LogP contribution in [0.2, 0.25) is 0 Å². The number of fused-ring (bicyclic) bond motifs is 1. The van der Waals surface area contributed by atoms with Crippen LogP contribution in [0.5, 0.6) is 0 Å². The number of aromatic nitrogens is 2. The molecule has 81 valence electrons. The largest absolute Gasteiger partial charge is 0.405 e. The average molecular weight is 432 g/mol. The van der Waals surface area contributed by atoms with Crippen molar-refractivity contribution in [3.63, 3.8) is 0 Å². The van der Waals surface area contributed by atoms with Crippen LogP contribution in [0.4, 0.5) is 4.39 Å². The second-order valence-corrected chi connectivity index (χ2v) is 3.23. The van der Waals surface area contributed by atoms with E-state index in [0.29, 0.717) is 16.6 Å². The normalized spacial score (nSPS) is 9.94. The second-order valence-electron chi connectivity index (χ2n) is 3.23. The summed E-state index contributed by atoms with van der Waals surface area (Å²) < 4.78 is 13.4. The van der Waals surface area contributed by atoms with Gasteiger partial charge in [0.15, 0.2) is 0 Å². The van der Waals surface area contributed by atoms with E-state index in [-0.39, 0.29) is 50.7 Å². The van der Waals surface area contributed by atoms with Crippen molar-refractivity contribution in [3.05, 3.63) is 41.8 Å². The van der Waals surface area contributed by atoms with Gasteiger partial charge >= 0.3 is 0 Å². The second kappa shape index (κ2) is 5.90. The van der Waals surface area contributed by atoms with Gasteiger partial charge in [0.05, 0.1) is 0 Å². The zero-order chi connectivity index (χ0) is 10.8. The van der Waals surface area contributed by atoms with Gasteiger partial charge in [-0.2, -0.15) is 6.42 Å². The quantitative estimate of drug-likeness (QED) is 0.735. The fourth-order valence-corrected chi connectivity index (χ4v) is 1.45. The molecule has 0 atom stereocenters. The van der Waals surface area contributed by atoms with Crippen molar-refractivity contribution >= 4 is 11.0 Å². The van der Waals surface area contributed by atoms with E-state index in [0.717, 1.165) is 11.9 Å². The number of pyridine rings is 2. The van der Waals surface area contributed by atoms with Crippen molar-refractivity contribution in [1.29, 1.82) is 0 Å². The minimum Gasteiger partial charge on any atom is -0.405 e. The van der Waals surface area contributed by atoms with Crippen LogP contribution in [-0.2, 0) is 0 Å². The number of aryl methyl sites for hydroxylation is 1. The van der Waals surface area contributed by atoms with Gasteiger partial charge in [-0.1, -0.05) is 0 Å². The first-order valence-electron chi connectivity index (χ1n) is 4.58. The molecule has 16 heavy (non-hydrogen) atoms. The van der Waals surface area contributed by atoms with Crippen LogP contribution in [0.15, 0.2) is 18.3 Å². The zero-order valence-electron chi connectivity index (χ0n) is 8.81. The van der Waals surface area contributed by atoms with Gasteiger partial charge in [-0.15, -0.1) is 5.56 Å². The van der Waals surface area contributed by atoms with Crippen molar-refractivity contribution in [1.82, 2.24) is 9.97 Å². The topological polar surface area (TPSA) is 46.0 Å². The molecule has 0 unspecified atom stereocenters. The molecule has 2 rings (SSSR count). The summed E-state index contributed by atoms with van der Waals surface area (Å²) in [6.45, 7) is 1.61. The fourth-order valence-electron chi connectivity index (χ4n) is 1.45. The number of rotatable bonds is 2. The van der Waals surface area contributed by atoms with Gasteiger partial charge in [0.1, 0.15) is 0 Å². The van der Waals surface area contributed by atoms with Gasteiger partial charge < -0.3 is 10.1 Å². The summed E-state index contributed by atoms with van der Waals surface area (Å²) in [5.41, 5.74) is 2.22. The number of nitrogens with zero attached hydrogens (tertiary/aromatic N) is 2. The third-order valence-corrected chi connectivity index (χ3v) is 2.14. The maximum Gasteiger partial charge on any atom is 0.0362 e. The van der Waals surface area contributed by atoms with Gasteiger partial charge in [0.25, 0.3) is 0 Å². The first-order chi connectivity index (χ1) is 7.22. The third-order valence-electron chi connectivity index (χ3n) is 2.14. The van der Waals surface area contributed by atoms with E-state index in [2.05, 4.69) is 9.97 Å². The summed E-state index contributed by atoms with van der Waals surface area (Å²) in [6, 6.07) is 3.60. The van der Waals surface area contributed by atoms with Crippen LogP contribution in [0.1, 0.15) is 11.3 Å². The summed E-state index contributed by atoms with van der Waals surface area (Å²) >= 11 is 0. The molecule has 0 aliphatic heterocycles. The molecular weight excluding hydrogens is 422 g/mol. The molecule has 0 saturated heterocycles. The van der Waals surface area contributed by atoms with Crippen LogP contribution in [0.3, 0.4) is 0 Å². The molecule has 1 radical (unpaired) electrons. The van der Waals surface area contributed by atoms with E-state index in [1.54, 1.807) is 6.07 Å². The van der Waals surface area contributed by atoms with E-state index in [1.165, 1.54) is 6.42 Å². The molecule has 0 aliphatic rings. The molecule has 2 heterocycles. The Hall–Kier alpha value is -0.238. The molecule has 5 heteroatoms. The SMILES string of the molecule is Cc1ccc2ncc(F)c([CH-]CO)c2n1.[Ac]. The molecule has 0 fully saturated rings. The first kappa shape index (κ1) is 13.8. The van der Waals surface area contributed by atoms with Crippen LogP contribution >= 0.6 is 0 Å². The third kappa shape index (κ3) is 2.71. The summed E-state index contributed by atoms with van der Waals surface area (Å²) in [7, 11) is 0.